The first kappa shape index (κ1) is 11.2. The number of ketones is 2. The maximum atomic E-state index is 10.9. The van der Waals surface area contributed by atoms with Crippen molar-refractivity contribution in [1.29, 1.82) is 0 Å². The van der Waals surface area contributed by atoms with Crippen LogP contribution < -0.4 is 0 Å². The fourth-order valence-electron chi connectivity index (χ4n) is 0.676. The molecule has 0 fully saturated rings. The number of rotatable bonds is 1. The smallest absolute Gasteiger partial charge is 0.222 e. The molecule has 0 amide bonds. The molecule has 0 aromatic carbocycles. The van der Waals surface area contributed by atoms with E-state index in [2.05, 4.69) is 4.74 Å². The minimum absolute atomic E-state index is 0. The van der Waals surface area contributed by atoms with Crippen molar-refractivity contribution < 1.29 is 14.3 Å². The molecule has 0 atom stereocenters. The molecule has 0 N–H and O–H groups in total. The summed E-state index contributed by atoms with van der Waals surface area (Å²) >= 11 is 5.37. The normalized spacial score (nSPS) is 16.2. The molecule has 0 unspecified atom stereocenters. The van der Waals surface area contributed by atoms with Gasteiger partial charge >= 0.3 is 0 Å². The van der Waals surface area contributed by atoms with Gasteiger partial charge in [-0.15, -0.1) is 12.4 Å². The fourth-order valence-corrected chi connectivity index (χ4v) is 0.830. The lowest BCUT2D eigenvalue weighted by Crippen LogP contribution is -2.11. The zero-order chi connectivity index (χ0) is 8.43. The van der Waals surface area contributed by atoms with Gasteiger partial charge in [0.1, 0.15) is 0 Å². The number of hydrogen-bond acceptors (Lipinski definition) is 3. The Kier molecular flexibility index (Phi) is 4.00. The van der Waals surface area contributed by atoms with Crippen molar-refractivity contribution in [3.63, 3.8) is 0 Å². The second-order valence-electron chi connectivity index (χ2n) is 1.93. The summed E-state index contributed by atoms with van der Waals surface area (Å²) in [5, 5.41) is -0.0733. The van der Waals surface area contributed by atoms with Gasteiger partial charge in [-0.3, -0.25) is 9.59 Å². The van der Waals surface area contributed by atoms with Crippen molar-refractivity contribution in [3.8, 4) is 0 Å². The Morgan fingerprint density at radius 1 is 1.25 bits per heavy atom. The molecule has 12 heavy (non-hydrogen) atoms. The summed E-state index contributed by atoms with van der Waals surface area (Å²) in [4.78, 5) is 21.7. The molecular formula is C7H6Cl2O3. The second-order valence-corrected chi connectivity index (χ2v) is 2.34. The summed E-state index contributed by atoms with van der Waals surface area (Å²) in [5.41, 5.74) is 0. The lowest BCUT2D eigenvalue weighted by molar-refractivity contribution is -0.117. The number of ether oxygens (including phenoxy) is 1. The summed E-state index contributed by atoms with van der Waals surface area (Å²) in [5.74, 6) is -0.750. The maximum Gasteiger partial charge on any atom is 0.222 e. The van der Waals surface area contributed by atoms with Gasteiger partial charge < -0.3 is 4.74 Å². The van der Waals surface area contributed by atoms with E-state index in [-0.39, 0.29) is 29.0 Å². The molecule has 0 bridgehead atoms. The maximum absolute atomic E-state index is 10.9. The minimum atomic E-state index is -0.400. The Hall–Kier alpha value is -0.800. The molecule has 66 valence electrons. The number of methoxy groups -OCH3 is 1. The molecule has 0 heterocycles. The Balaban J connectivity index is 0.00000121. The van der Waals surface area contributed by atoms with E-state index in [0.29, 0.717) is 0 Å². The lowest BCUT2D eigenvalue weighted by Gasteiger charge is -2.05. The molecule has 1 aliphatic rings. The van der Waals surface area contributed by atoms with E-state index in [1.165, 1.54) is 7.11 Å². The number of allylic oxidation sites excluding steroid dienone is 3. The van der Waals surface area contributed by atoms with Crippen molar-refractivity contribution in [2.24, 2.45) is 0 Å². The molecule has 0 aliphatic heterocycles. The van der Waals surface area contributed by atoms with Crippen LogP contribution in [0, 0.1) is 0 Å². The Morgan fingerprint density at radius 2 is 1.83 bits per heavy atom. The van der Waals surface area contributed by atoms with Crippen LogP contribution in [-0.4, -0.2) is 18.7 Å². The van der Waals surface area contributed by atoms with E-state index in [0.717, 1.165) is 12.2 Å². The van der Waals surface area contributed by atoms with Gasteiger partial charge in [0, 0.05) is 12.2 Å². The highest BCUT2D eigenvalue weighted by Gasteiger charge is 2.18. The van der Waals surface area contributed by atoms with Gasteiger partial charge in [0.05, 0.1) is 12.1 Å². The van der Waals surface area contributed by atoms with Crippen LogP contribution in [0.2, 0.25) is 0 Å². The summed E-state index contributed by atoms with van der Waals surface area (Å²) in [6, 6.07) is 0. The third-order valence-corrected chi connectivity index (χ3v) is 1.51. The molecule has 0 radical (unpaired) electrons. The molecule has 0 saturated carbocycles. The number of hydrogen-bond donors (Lipinski definition) is 0. The lowest BCUT2D eigenvalue weighted by atomic mass is 10.1. The van der Waals surface area contributed by atoms with Crippen molar-refractivity contribution in [1.82, 2.24) is 0 Å². The molecule has 1 rings (SSSR count). The average Bonchev–Trinajstić information content (AvgIpc) is 1.97. The van der Waals surface area contributed by atoms with Crippen LogP contribution in [0.1, 0.15) is 0 Å². The Bertz CT molecular complexity index is 278. The van der Waals surface area contributed by atoms with E-state index in [1.54, 1.807) is 0 Å². The Labute approximate surface area is 80.4 Å². The van der Waals surface area contributed by atoms with Gasteiger partial charge in [0.25, 0.3) is 0 Å². The van der Waals surface area contributed by atoms with Crippen molar-refractivity contribution >= 4 is 35.6 Å². The van der Waals surface area contributed by atoms with Gasteiger partial charge in [-0.2, -0.15) is 0 Å². The van der Waals surface area contributed by atoms with Crippen LogP contribution in [0.15, 0.2) is 22.9 Å². The highest BCUT2D eigenvalue weighted by molar-refractivity contribution is 6.47. The fraction of sp³-hybridized carbons (Fsp3) is 0.143. The van der Waals surface area contributed by atoms with Crippen LogP contribution in [0.4, 0.5) is 0 Å². The standard InChI is InChI=1S/C7H5ClO3.ClH/c1-11-7-3-5(9)4(8)2-6(7)10;/h2-3H,1H3;1H. The van der Waals surface area contributed by atoms with Gasteiger partial charge in [-0.25, -0.2) is 0 Å². The van der Waals surface area contributed by atoms with Gasteiger partial charge in [-0.05, 0) is 0 Å². The summed E-state index contributed by atoms with van der Waals surface area (Å²) in [7, 11) is 1.32. The van der Waals surface area contributed by atoms with E-state index < -0.39 is 5.78 Å². The van der Waals surface area contributed by atoms with Crippen LogP contribution in [0.3, 0.4) is 0 Å². The molecule has 3 nitrogen and oxygen atoms in total. The topological polar surface area (TPSA) is 43.4 Å². The SMILES string of the molecule is COC1=CC(=O)C(Cl)=CC1=O.Cl. The highest BCUT2D eigenvalue weighted by Crippen LogP contribution is 2.14. The third kappa shape index (κ3) is 2.09. The number of carbonyl (C=O) groups excluding carboxylic acids is 2. The van der Waals surface area contributed by atoms with Crippen LogP contribution in [0.5, 0.6) is 0 Å². The first-order chi connectivity index (χ1) is 5.15. The van der Waals surface area contributed by atoms with E-state index in [4.69, 9.17) is 11.6 Å². The van der Waals surface area contributed by atoms with Crippen LogP contribution >= 0.6 is 24.0 Å². The quantitative estimate of drug-likeness (QED) is 0.609. The third-order valence-electron chi connectivity index (χ3n) is 1.22. The summed E-state index contributed by atoms with van der Waals surface area (Å²) in [6.45, 7) is 0. The van der Waals surface area contributed by atoms with Crippen molar-refractivity contribution in [2.45, 2.75) is 0 Å². The van der Waals surface area contributed by atoms with Crippen molar-refractivity contribution in [3.05, 3.63) is 22.9 Å². The predicted octanol–water partition coefficient (Wildman–Crippen LogP) is 1.21. The van der Waals surface area contributed by atoms with Crippen LogP contribution in [-0.2, 0) is 14.3 Å². The van der Waals surface area contributed by atoms with Gasteiger partial charge in [0.2, 0.25) is 11.6 Å². The second kappa shape index (κ2) is 4.28. The van der Waals surface area contributed by atoms with Crippen LogP contribution in [0.25, 0.3) is 0 Å². The molecule has 0 aromatic rings. The molecule has 1 aliphatic carbocycles. The molecule has 0 spiro atoms. The molecular weight excluding hydrogens is 203 g/mol. The van der Waals surface area contributed by atoms with Gasteiger partial charge in [-0.1, -0.05) is 11.6 Å². The highest BCUT2D eigenvalue weighted by atomic mass is 35.5. The first-order valence-electron chi connectivity index (χ1n) is 2.86. The zero-order valence-corrected chi connectivity index (χ0v) is 7.74. The molecule has 0 aromatic heterocycles. The van der Waals surface area contributed by atoms with E-state index in [9.17, 15) is 9.59 Å². The molecule has 0 saturated heterocycles. The largest absolute Gasteiger partial charge is 0.493 e. The summed E-state index contributed by atoms with van der Waals surface area (Å²) < 4.78 is 4.61. The monoisotopic (exact) mass is 208 g/mol. The van der Waals surface area contributed by atoms with E-state index in [1.807, 2.05) is 0 Å². The average molecular weight is 209 g/mol. The number of carbonyl (C=O) groups is 2. The molecule has 5 heteroatoms. The van der Waals surface area contributed by atoms with Gasteiger partial charge in [0.15, 0.2) is 5.76 Å². The Morgan fingerprint density at radius 3 is 2.33 bits per heavy atom. The summed E-state index contributed by atoms with van der Waals surface area (Å²) in [6.07, 6.45) is 2.12. The number of halogens is 2. The van der Waals surface area contributed by atoms with Crippen molar-refractivity contribution in [2.75, 3.05) is 7.11 Å². The minimum Gasteiger partial charge on any atom is -0.493 e. The zero-order valence-electron chi connectivity index (χ0n) is 6.17. The predicted molar refractivity (Wildman–Crippen MR) is 46.3 cm³/mol. The van der Waals surface area contributed by atoms with E-state index >= 15 is 0 Å². The first-order valence-corrected chi connectivity index (χ1v) is 3.24.